The van der Waals surface area contributed by atoms with E-state index < -0.39 is 0 Å². The molecule has 0 spiro atoms. The Kier molecular flexibility index (Phi) is 4.45. The monoisotopic (exact) mass is 277 g/mol. The first kappa shape index (κ1) is 13.9. The second kappa shape index (κ2) is 6.08. The molecule has 0 bridgehead atoms. The molecule has 1 unspecified atom stereocenters. The molecule has 102 valence electrons. The molecule has 2 aromatic rings. The highest BCUT2D eigenvalue weighted by molar-refractivity contribution is 7.10. The number of ether oxygens (including phenoxy) is 2. The van der Waals surface area contributed by atoms with Crippen molar-refractivity contribution < 1.29 is 9.47 Å². The van der Waals surface area contributed by atoms with E-state index in [9.17, 15) is 0 Å². The fraction of sp³-hybridized carbons (Fsp3) is 0.333. The molecular formula is C15H19NO2S. The van der Waals surface area contributed by atoms with Crippen LogP contribution >= 0.6 is 11.3 Å². The summed E-state index contributed by atoms with van der Waals surface area (Å²) in [5, 5.41) is 5.53. The van der Waals surface area contributed by atoms with E-state index >= 15 is 0 Å². The number of aryl methyl sites for hydroxylation is 1. The van der Waals surface area contributed by atoms with Crippen molar-refractivity contribution in [3.63, 3.8) is 0 Å². The predicted octanol–water partition coefficient (Wildman–Crippen LogP) is 3.38. The van der Waals surface area contributed by atoms with E-state index in [1.807, 2.05) is 19.2 Å². The van der Waals surface area contributed by atoms with Gasteiger partial charge < -0.3 is 14.8 Å². The van der Waals surface area contributed by atoms with Crippen LogP contribution < -0.4 is 14.8 Å². The third kappa shape index (κ3) is 2.91. The van der Waals surface area contributed by atoms with Crippen LogP contribution in [0.4, 0.5) is 0 Å². The Balaban J connectivity index is 2.38. The molecule has 2 rings (SSSR count). The largest absolute Gasteiger partial charge is 0.493 e. The quantitative estimate of drug-likeness (QED) is 0.909. The van der Waals surface area contributed by atoms with E-state index in [4.69, 9.17) is 9.47 Å². The zero-order valence-electron chi connectivity index (χ0n) is 11.7. The fourth-order valence-electron chi connectivity index (χ4n) is 2.17. The van der Waals surface area contributed by atoms with Gasteiger partial charge >= 0.3 is 0 Å². The Labute approximate surface area is 118 Å². The van der Waals surface area contributed by atoms with Crippen molar-refractivity contribution in [1.29, 1.82) is 0 Å². The summed E-state index contributed by atoms with van der Waals surface area (Å²) in [4.78, 5) is 1.32. The topological polar surface area (TPSA) is 30.5 Å². The van der Waals surface area contributed by atoms with Crippen molar-refractivity contribution in [2.24, 2.45) is 0 Å². The summed E-state index contributed by atoms with van der Waals surface area (Å²) in [5.41, 5.74) is 2.44. The van der Waals surface area contributed by atoms with Gasteiger partial charge in [0.05, 0.1) is 20.3 Å². The van der Waals surface area contributed by atoms with Crippen LogP contribution in [-0.2, 0) is 0 Å². The highest BCUT2D eigenvalue weighted by Gasteiger charge is 2.15. The van der Waals surface area contributed by atoms with Gasteiger partial charge in [-0.25, -0.2) is 0 Å². The lowest BCUT2D eigenvalue weighted by molar-refractivity contribution is 0.354. The van der Waals surface area contributed by atoms with Crippen molar-refractivity contribution in [2.75, 3.05) is 21.3 Å². The van der Waals surface area contributed by atoms with Crippen molar-refractivity contribution in [1.82, 2.24) is 5.32 Å². The lowest BCUT2D eigenvalue weighted by Crippen LogP contribution is -2.17. The molecule has 19 heavy (non-hydrogen) atoms. The molecule has 0 saturated heterocycles. The Morgan fingerprint density at radius 2 is 1.79 bits per heavy atom. The molecule has 1 heterocycles. The highest BCUT2D eigenvalue weighted by Crippen LogP contribution is 2.33. The van der Waals surface area contributed by atoms with Gasteiger partial charge in [0.2, 0.25) is 0 Å². The Hall–Kier alpha value is -1.52. The molecular weight excluding hydrogens is 258 g/mol. The van der Waals surface area contributed by atoms with Crippen molar-refractivity contribution in [3.8, 4) is 11.5 Å². The number of hydrogen-bond donors (Lipinski definition) is 1. The van der Waals surface area contributed by atoms with Crippen LogP contribution in [0.25, 0.3) is 0 Å². The number of thiophene rings is 1. The Bertz CT molecular complexity index is 551. The Morgan fingerprint density at radius 1 is 1.05 bits per heavy atom. The summed E-state index contributed by atoms with van der Waals surface area (Å²) < 4.78 is 10.6. The molecule has 0 amide bonds. The third-order valence-electron chi connectivity index (χ3n) is 3.11. The first-order valence-corrected chi connectivity index (χ1v) is 7.01. The molecule has 3 nitrogen and oxygen atoms in total. The summed E-state index contributed by atoms with van der Waals surface area (Å²) in [6.45, 7) is 2.12. The van der Waals surface area contributed by atoms with E-state index in [-0.39, 0.29) is 6.04 Å². The molecule has 0 fully saturated rings. The first-order valence-electron chi connectivity index (χ1n) is 6.13. The smallest absolute Gasteiger partial charge is 0.161 e. The van der Waals surface area contributed by atoms with E-state index in [1.165, 1.54) is 10.4 Å². The van der Waals surface area contributed by atoms with E-state index in [0.717, 1.165) is 17.1 Å². The Morgan fingerprint density at radius 3 is 2.32 bits per heavy atom. The van der Waals surface area contributed by atoms with Gasteiger partial charge in [0.15, 0.2) is 11.5 Å². The van der Waals surface area contributed by atoms with Gasteiger partial charge in [-0.2, -0.15) is 0 Å². The fourth-order valence-corrected chi connectivity index (χ4v) is 2.90. The van der Waals surface area contributed by atoms with Crippen molar-refractivity contribution in [3.05, 3.63) is 45.6 Å². The number of benzene rings is 1. The molecule has 0 aliphatic carbocycles. The lowest BCUT2D eigenvalue weighted by atomic mass is 10.0. The van der Waals surface area contributed by atoms with Crippen molar-refractivity contribution in [2.45, 2.75) is 13.0 Å². The maximum Gasteiger partial charge on any atom is 0.161 e. The van der Waals surface area contributed by atoms with Crippen LogP contribution in [0, 0.1) is 6.92 Å². The van der Waals surface area contributed by atoms with Crippen LogP contribution in [0.3, 0.4) is 0 Å². The molecule has 0 aliphatic rings. The minimum atomic E-state index is 0.171. The molecule has 0 radical (unpaired) electrons. The van der Waals surface area contributed by atoms with Crippen molar-refractivity contribution >= 4 is 11.3 Å². The molecule has 0 saturated carbocycles. The maximum absolute atomic E-state index is 5.36. The molecule has 1 N–H and O–H groups in total. The van der Waals surface area contributed by atoms with Crippen LogP contribution in [-0.4, -0.2) is 21.3 Å². The number of nitrogens with one attached hydrogen (secondary N) is 1. The molecule has 0 aliphatic heterocycles. The maximum atomic E-state index is 5.36. The third-order valence-corrected chi connectivity index (χ3v) is 3.99. The first-order chi connectivity index (χ1) is 9.19. The van der Waals surface area contributed by atoms with Gasteiger partial charge in [0.1, 0.15) is 0 Å². The predicted molar refractivity (Wildman–Crippen MR) is 79.5 cm³/mol. The summed E-state index contributed by atoms with van der Waals surface area (Å²) >= 11 is 1.76. The van der Waals surface area contributed by atoms with Gasteiger partial charge in [-0.3, -0.25) is 0 Å². The van der Waals surface area contributed by atoms with E-state index in [2.05, 4.69) is 29.8 Å². The van der Waals surface area contributed by atoms with Gasteiger partial charge in [-0.15, -0.1) is 11.3 Å². The zero-order valence-corrected chi connectivity index (χ0v) is 12.5. The average Bonchev–Trinajstić information content (AvgIpc) is 2.86. The van der Waals surface area contributed by atoms with E-state index in [1.54, 1.807) is 25.6 Å². The van der Waals surface area contributed by atoms with Gasteiger partial charge in [-0.1, -0.05) is 6.07 Å². The summed E-state index contributed by atoms with van der Waals surface area (Å²) in [5.74, 6) is 1.51. The molecule has 1 aromatic heterocycles. The number of methoxy groups -OCH3 is 2. The van der Waals surface area contributed by atoms with Crippen LogP contribution in [0.15, 0.2) is 29.6 Å². The second-order valence-electron chi connectivity index (χ2n) is 4.33. The second-order valence-corrected chi connectivity index (χ2v) is 5.44. The molecule has 4 heteroatoms. The van der Waals surface area contributed by atoms with Crippen LogP contribution in [0.1, 0.15) is 22.0 Å². The van der Waals surface area contributed by atoms with Gasteiger partial charge in [0.25, 0.3) is 0 Å². The minimum absolute atomic E-state index is 0.171. The average molecular weight is 277 g/mol. The number of rotatable bonds is 5. The molecule has 1 atom stereocenters. The van der Waals surface area contributed by atoms with Crippen LogP contribution in [0.2, 0.25) is 0 Å². The van der Waals surface area contributed by atoms with Gasteiger partial charge in [0, 0.05) is 4.88 Å². The summed E-state index contributed by atoms with van der Waals surface area (Å²) in [7, 11) is 5.27. The summed E-state index contributed by atoms with van der Waals surface area (Å²) in [6, 6.07) is 8.41. The number of hydrogen-bond acceptors (Lipinski definition) is 4. The van der Waals surface area contributed by atoms with Gasteiger partial charge in [-0.05, 0) is 48.7 Å². The standard InChI is InChI=1S/C15H19NO2S/c1-10-7-12(9-19-10)15(16-2)11-5-6-13(17-3)14(8-11)18-4/h5-9,15-16H,1-4H3. The SMILES string of the molecule is CNC(c1csc(C)c1)c1ccc(OC)c(OC)c1. The normalized spacial score (nSPS) is 12.2. The minimum Gasteiger partial charge on any atom is -0.493 e. The molecule has 1 aromatic carbocycles. The zero-order chi connectivity index (χ0) is 13.8. The van der Waals surface area contributed by atoms with E-state index in [0.29, 0.717) is 0 Å². The lowest BCUT2D eigenvalue weighted by Gasteiger charge is -2.17. The van der Waals surface area contributed by atoms with Crippen LogP contribution in [0.5, 0.6) is 11.5 Å². The summed E-state index contributed by atoms with van der Waals surface area (Å²) in [6.07, 6.45) is 0. The highest BCUT2D eigenvalue weighted by atomic mass is 32.1.